The van der Waals surface area contributed by atoms with E-state index in [4.69, 9.17) is 5.73 Å². The second-order valence-corrected chi connectivity index (χ2v) is 6.75. The first-order valence-electron chi connectivity index (χ1n) is 8.40. The Bertz CT molecular complexity index is 496. The Morgan fingerprint density at radius 2 is 2.09 bits per heavy atom. The summed E-state index contributed by atoms with van der Waals surface area (Å²) in [6.07, 6.45) is 2.67. The lowest BCUT2D eigenvalue weighted by Crippen LogP contribution is -2.36. The Labute approximate surface area is 134 Å². The molecular weight excluding hydrogens is 272 g/mol. The third-order valence-corrected chi connectivity index (χ3v) is 4.11. The first-order valence-corrected chi connectivity index (χ1v) is 8.40. The summed E-state index contributed by atoms with van der Waals surface area (Å²) in [4.78, 5) is 7.03. The number of hydrogen-bond acceptors (Lipinski definition) is 2. The zero-order valence-corrected chi connectivity index (χ0v) is 14.2. The van der Waals surface area contributed by atoms with Crippen molar-refractivity contribution >= 4 is 5.96 Å². The largest absolute Gasteiger partial charge is 0.370 e. The molecule has 1 atom stereocenters. The predicted molar refractivity (Wildman–Crippen MR) is 93.7 cm³/mol. The van der Waals surface area contributed by atoms with Crippen molar-refractivity contribution in [3.8, 4) is 0 Å². The SMILES string of the molecule is CC1CCCN(Cc2ccccc2CN=C(N)NC(C)C)C1. The molecule has 4 heteroatoms. The van der Waals surface area contributed by atoms with E-state index in [9.17, 15) is 0 Å². The number of nitrogens with zero attached hydrogens (tertiary/aromatic N) is 2. The fourth-order valence-corrected chi connectivity index (χ4v) is 3.05. The van der Waals surface area contributed by atoms with Crippen LogP contribution in [0.25, 0.3) is 0 Å². The number of guanidine groups is 1. The van der Waals surface area contributed by atoms with E-state index in [0.717, 1.165) is 12.5 Å². The molecule has 122 valence electrons. The van der Waals surface area contributed by atoms with Gasteiger partial charge in [0.2, 0.25) is 0 Å². The van der Waals surface area contributed by atoms with Gasteiger partial charge in [0, 0.05) is 19.1 Å². The fraction of sp³-hybridized carbons (Fsp3) is 0.611. The van der Waals surface area contributed by atoms with Gasteiger partial charge in [-0.1, -0.05) is 31.2 Å². The minimum absolute atomic E-state index is 0.314. The number of piperidine rings is 1. The number of likely N-dealkylation sites (tertiary alicyclic amines) is 1. The number of aliphatic imine (C=N–C) groups is 1. The quantitative estimate of drug-likeness (QED) is 0.649. The van der Waals surface area contributed by atoms with Gasteiger partial charge in [0.05, 0.1) is 6.54 Å². The second kappa shape index (κ2) is 8.18. The van der Waals surface area contributed by atoms with Crippen LogP contribution < -0.4 is 11.1 Å². The molecule has 1 aliphatic heterocycles. The molecule has 22 heavy (non-hydrogen) atoms. The van der Waals surface area contributed by atoms with Gasteiger partial charge >= 0.3 is 0 Å². The van der Waals surface area contributed by atoms with Crippen LogP contribution in [0.15, 0.2) is 29.3 Å². The molecule has 1 unspecified atom stereocenters. The number of nitrogens with one attached hydrogen (secondary N) is 1. The van der Waals surface area contributed by atoms with E-state index < -0.39 is 0 Å². The van der Waals surface area contributed by atoms with Gasteiger partial charge in [0.15, 0.2) is 5.96 Å². The molecule has 1 aliphatic rings. The highest BCUT2D eigenvalue weighted by Crippen LogP contribution is 2.19. The molecule has 0 spiro atoms. The van der Waals surface area contributed by atoms with Crippen LogP contribution in [0, 0.1) is 5.92 Å². The lowest BCUT2D eigenvalue weighted by Gasteiger charge is -2.31. The highest BCUT2D eigenvalue weighted by molar-refractivity contribution is 5.78. The highest BCUT2D eigenvalue weighted by Gasteiger charge is 2.17. The molecule has 1 aromatic carbocycles. The normalized spacial score (nSPS) is 20.4. The van der Waals surface area contributed by atoms with Crippen LogP contribution in [0.3, 0.4) is 0 Å². The zero-order chi connectivity index (χ0) is 15.9. The summed E-state index contributed by atoms with van der Waals surface area (Å²) < 4.78 is 0. The van der Waals surface area contributed by atoms with Crippen LogP contribution in [-0.4, -0.2) is 30.0 Å². The van der Waals surface area contributed by atoms with Gasteiger partial charge in [-0.05, 0) is 50.3 Å². The van der Waals surface area contributed by atoms with Crippen LogP contribution in [-0.2, 0) is 13.1 Å². The smallest absolute Gasteiger partial charge is 0.189 e. The van der Waals surface area contributed by atoms with Gasteiger partial charge in [-0.2, -0.15) is 0 Å². The minimum atomic E-state index is 0.314. The van der Waals surface area contributed by atoms with Crippen LogP contribution >= 0.6 is 0 Å². The minimum Gasteiger partial charge on any atom is -0.370 e. The third-order valence-electron chi connectivity index (χ3n) is 4.11. The molecule has 1 saturated heterocycles. The molecule has 2 rings (SSSR count). The van der Waals surface area contributed by atoms with Gasteiger partial charge in [-0.3, -0.25) is 4.90 Å². The third kappa shape index (κ3) is 5.34. The predicted octanol–water partition coefficient (Wildman–Crippen LogP) is 2.73. The van der Waals surface area contributed by atoms with Crippen molar-refractivity contribution in [2.75, 3.05) is 13.1 Å². The molecule has 0 saturated carbocycles. The summed E-state index contributed by atoms with van der Waals surface area (Å²) in [5.41, 5.74) is 8.55. The van der Waals surface area contributed by atoms with Crippen LogP contribution in [0.5, 0.6) is 0 Å². The number of benzene rings is 1. The van der Waals surface area contributed by atoms with E-state index in [1.807, 2.05) is 0 Å². The summed E-state index contributed by atoms with van der Waals surface area (Å²) in [5, 5.41) is 3.14. The molecule has 4 nitrogen and oxygen atoms in total. The lowest BCUT2D eigenvalue weighted by atomic mass is 9.99. The summed E-state index contributed by atoms with van der Waals surface area (Å²) in [6.45, 7) is 10.6. The summed E-state index contributed by atoms with van der Waals surface area (Å²) >= 11 is 0. The Morgan fingerprint density at radius 3 is 2.77 bits per heavy atom. The molecule has 1 heterocycles. The van der Waals surface area contributed by atoms with E-state index in [0.29, 0.717) is 18.5 Å². The first kappa shape index (κ1) is 16.8. The number of rotatable bonds is 5. The summed E-state index contributed by atoms with van der Waals surface area (Å²) in [6, 6.07) is 8.89. The highest BCUT2D eigenvalue weighted by atomic mass is 15.1. The van der Waals surface area contributed by atoms with Crippen molar-refractivity contribution in [1.82, 2.24) is 10.2 Å². The summed E-state index contributed by atoms with van der Waals surface area (Å²) in [5.74, 6) is 1.33. The van der Waals surface area contributed by atoms with E-state index in [2.05, 4.69) is 60.2 Å². The van der Waals surface area contributed by atoms with Gasteiger partial charge in [-0.25, -0.2) is 4.99 Å². The first-order chi connectivity index (χ1) is 10.5. The van der Waals surface area contributed by atoms with Crippen molar-refractivity contribution in [3.63, 3.8) is 0 Å². The molecule has 0 aliphatic carbocycles. The number of hydrogen-bond donors (Lipinski definition) is 2. The monoisotopic (exact) mass is 302 g/mol. The van der Waals surface area contributed by atoms with Gasteiger partial charge in [0.1, 0.15) is 0 Å². The number of nitrogens with two attached hydrogens (primary N) is 1. The van der Waals surface area contributed by atoms with E-state index in [1.165, 1.54) is 37.1 Å². The molecule has 0 bridgehead atoms. The Hall–Kier alpha value is -1.55. The lowest BCUT2D eigenvalue weighted by molar-refractivity contribution is 0.176. The van der Waals surface area contributed by atoms with Crippen LogP contribution in [0.4, 0.5) is 0 Å². The summed E-state index contributed by atoms with van der Waals surface area (Å²) in [7, 11) is 0. The fourth-order valence-electron chi connectivity index (χ4n) is 3.05. The molecule has 1 aromatic rings. The van der Waals surface area contributed by atoms with Crippen molar-refractivity contribution < 1.29 is 0 Å². The zero-order valence-electron chi connectivity index (χ0n) is 14.2. The molecule has 1 fully saturated rings. The molecular formula is C18H30N4. The Balaban J connectivity index is 2.00. The van der Waals surface area contributed by atoms with E-state index in [-0.39, 0.29) is 0 Å². The van der Waals surface area contributed by atoms with Crippen molar-refractivity contribution in [1.29, 1.82) is 0 Å². The maximum absolute atomic E-state index is 5.90. The van der Waals surface area contributed by atoms with Gasteiger partial charge < -0.3 is 11.1 Å². The van der Waals surface area contributed by atoms with E-state index >= 15 is 0 Å². The topological polar surface area (TPSA) is 53.6 Å². The van der Waals surface area contributed by atoms with Gasteiger partial charge in [-0.15, -0.1) is 0 Å². The van der Waals surface area contributed by atoms with Crippen molar-refractivity contribution in [2.24, 2.45) is 16.6 Å². The van der Waals surface area contributed by atoms with Crippen molar-refractivity contribution in [2.45, 2.75) is 52.7 Å². The Morgan fingerprint density at radius 1 is 1.36 bits per heavy atom. The van der Waals surface area contributed by atoms with E-state index in [1.54, 1.807) is 0 Å². The molecule has 3 N–H and O–H groups in total. The average molecular weight is 302 g/mol. The second-order valence-electron chi connectivity index (χ2n) is 6.75. The van der Waals surface area contributed by atoms with Crippen LogP contribution in [0.2, 0.25) is 0 Å². The average Bonchev–Trinajstić information content (AvgIpc) is 2.46. The Kier molecular flexibility index (Phi) is 6.25. The maximum Gasteiger partial charge on any atom is 0.189 e. The molecule has 0 radical (unpaired) electrons. The molecule has 0 aromatic heterocycles. The van der Waals surface area contributed by atoms with Crippen molar-refractivity contribution in [3.05, 3.63) is 35.4 Å². The maximum atomic E-state index is 5.90. The van der Waals surface area contributed by atoms with Crippen LogP contribution in [0.1, 0.15) is 44.7 Å². The standard InChI is InChI=1S/C18H30N4/c1-14(2)21-18(19)20-11-16-8-4-5-9-17(16)13-22-10-6-7-15(3)12-22/h4-5,8-9,14-15H,6-7,10-13H2,1-3H3,(H3,19,20,21). The van der Waals surface area contributed by atoms with Gasteiger partial charge in [0.25, 0.3) is 0 Å². The molecule has 0 amide bonds.